The van der Waals surface area contributed by atoms with Crippen LogP contribution in [0, 0.1) is 0 Å². The van der Waals surface area contributed by atoms with Crippen molar-refractivity contribution >= 4 is 11.4 Å². The monoisotopic (exact) mass is 272 g/mol. The van der Waals surface area contributed by atoms with Gasteiger partial charge in [0.15, 0.2) is 0 Å². The van der Waals surface area contributed by atoms with Crippen molar-refractivity contribution in [1.82, 2.24) is 0 Å². The number of nitrogens with two attached hydrogens (primary N) is 1. The standard InChI is InChI=1S/C14H19F3N2/c15-14(16,17)12-9-10(18)7-8-13(12)19-11-5-3-1-2-4-6-11/h7-9,11,19H,1-6,18H2. The van der Waals surface area contributed by atoms with Gasteiger partial charge < -0.3 is 11.1 Å². The van der Waals surface area contributed by atoms with Gasteiger partial charge in [-0.2, -0.15) is 13.2 Å². The van der Waals surface area contributed by atoms with Crippen LogP contribution < -0.4 is 11.1 Å². The molecule has 2 nitrogen and oxygen atoms in total. The average Bonchev–Trinajstić information content (AvgIpc) is 2.59. The summed E-state index contributed by atoms with van der Waals surface area (Å²) in [6.45, 7) is 0. The van der Waals surface area contributed by atoms with E-state index in [0.717, 1.165) is 31.7 Å². The van der Waals surface area contributed by atoms with Gasteiger partial charge in [0.05, 0.1) is 5.56 Å². The van der Waals surface area contributed by atoms with E-state index in [2.05, 4.69) is 5.32 Å². The van der Waals surface area contributed by atoms with Crippen LogP contribution in [0.15, 0.2) is 18.2 Å². The first-order chi connectivity index (χ1) is 8.97. The molecule has 106 valence electrons. The summed E-state index contributed by atoms with van der Waals surface area (Å²) in [6.07, 6.45) is 1.99. The minimum atomic E-state index is -4.37. The van der Waals surface area contributed by atoms with Crippen LogP contribution in [0.1, 0.15) is 44.1 Å². The normalized spacial score (nSPS) is 18.1. The second-order valence-electron chi connectivity index (χ2n) is 5.14. The third-order valence-corrected chi connectivity index (χ3v) is 3.56. The van der Waals surface area contributed by atoms with Gasteiger partial charge in [-0.1, -0.05) is 25.7 Å². The molecule has 0 bridgehead atoms. The molecule has 3 N–H and O–H groups in total. The molecule has 2 rings (SSSR count). The fourth-order valence-corrected chi connectivity index (χ4v) is 2.57. The molecule has 0 aromatic heterocycles. The third kappa shape index (κ3) is 3.78. The first-order valence-electron chi connectivity index (χ1n) is 6.70. The van der Waals surface area contributed by atoms with Crippen LogP contribution in [0.3, 0.4) is 0 Å². The lowest BCUT2D eigenvalue weighted by Crippen LogP contribution is -2.21. The number of nitrogens with one attached hydrogen (secondary N) is 1. The molecule has 0 spiro atoms. The average molecular weight is 272 g/mol. The van der Waals surface area contributed by atoms with Crippen LogP contribution in [0.4, 0.5) is 24.5 Å². The zero-order valence-electron chi connectivity index (χ0n) is 10.8. The molecule has 0 unspecified atom stereocenters. The lowest BCUT2D eigenvalue weighted by atomic mass is 10.1. The summed E-state index contributed by atoms with van der Waals surface area (Å²) in [5.41, 5.74) is 5.07. The Kier molecular flexibility index (Phi) is 4.22. The smallest absolute Gasteiger partial charge is 0.399 e. The Hall–Kier alpha value is -1.39. The summed E-state index contributed by atoms with van der Waals surface area (Å²) in [7, 11) is 0. The molecule has 1 aromatic carbocycles. The number of hydrogen-bond donors (Lipinski definition) is 2. The Balaban J connectivity index is 2.19. The summed E-state index contributed by atoms with van der Waals surface area (Å²) in [4.78, 5) is 0. The Morgan fingerprint density at radius 1 is 1.05 bits per heavy atom. The second kappa shape index (κ2) is 5.72. The number of halogens is 3. The van der Waals surface area contributed by atoms with E-state index in [0.29, 0.717) is 0 Å². The topological polar surface area (TPSA) is 38.0 Å². The largest absolute Gasteiger partial charge is 0.418 e. The van der Waals surface area contributed by atoms with Crippen LogP contribution in [0.25, 0.3) is 0 Å². The van der Waals surface area contributed by atoms with E-state index in [1.54, 1.807) is 0 Å². The van der Waals surface area contributed by atoms with Crippen molar-refractivity contribution < 1.29 is 13.2 Å². The molecule has 0 saturated heterocycles. The van der Waals surface area contributed by atoms with Gasteiger partial charge in [0.2, 0.25) is 0 Å². The molecule has 0 heterocycles. The van der Waals surface area contributed by atoms with Crippen molar-refractivity contribution in [1.29, 1.82) is 0 Å². The molecule has 1 saturated carbocycles. The highest BCUT2D eigenvalue weighted by atomic mass is 19.4. The zero-order valence-corrected chi connectivity index (χ0v) is 10.8. The van der Waals surface area contributed by atoms with Gasteiger partial charge in [-0.15, -0.1) is 0 Å². The molecular formula is C14H19F3N2. The van der Waals surface area contributed by atoms with Gasteiger partial charge in [-0.3, -0.25) is 0 Å². The number of hydrogen-bond acceptors (Lipinski definition) is 2. The van der Waals surface area contributed by atoms with Gasteiger partial charge in [-0.05, 0) is 31.0 Å². The Morgan fingerprint density at radius 2 is 1.68 bits per heavy atom. The predicted octanol–water partition coefficient (Wildman–Crippen LogP) is 4.42. The Morgan fingerprint density at radius 3 is 2.26 bits per heavy atom. The van der Waals surface area contributed by atoms with Gasteiger partial charge in [0, 0.05) is 17.4 Å². The maximum Gasteiger partial charge on any atom is 0.418 e. The van der Waals surface area contributed by atoms with Gasteiger partial charge in [0.25, 0.3) is 0 Å². The van der Waals surface area contributed by atoms with E-state index >= 15 is 0 Å². The number of benzene rings is 1. The van der Waals surface area contributed by atoms with E-state index < -0.39 is 11.7 Å². The summed E-state index contributed by atoms with van der Waals surface area (Å²) in [5, 5.41) is 3.05. The highest BCUT2D eigenvalue weighted by Gasteiger charge is 2.34. The molecule has 1 aliphatic rings. The molecule has 19 heavy (non-hydrogen) atoms. The van der Waals surface area contributed by atoms with Crippen molar-refractivity contribution in [3.8, 4) is 0 Å². The number of rotatable bonds is 2. The van der Waals surface area contributed by atoms with Gasteiger partial charge in [-0.25, -0.2) is 0 Å². The molecular weight excluding hydrogens is 253 g/mol. The summed E-state index contributed by atoms with van der Waals surface area (Å²) >= 11 is 0. The number of anilines is 2. The minimum absolute atomic E-state index is 0.132. The van der Waals surface area contributed by atoms with E-state index in [1.807, 2.05) is 0 Å². The first-order valence-corrected chi connectivity index (χ1v) is 6.70. The Labute approximate surface area is 111 Å². The van der Waals surface area contributed by atoms with E-state index in [4.69, 9.17) is 5.73 Å². The highest BCUT2D eigenvalue weighted by Crippen LogP contribution is 2.37. The molecule has 0 aliphatic heterocycles. The molecule has 0 atom stereocenters. The van der Waals surface area contributed by atoms with Crippen molar-refractivity contribution in [2.24, 2.45) is 0 Å². The maximum absolute atomic E-state index is 13.0. The first kappa shape index (κ1) is 14.0. The lowest BCUT2D eigenvalue weighted by molar-refractivity contribution is -0.136. The molecule has 0 amide bonds. The minimum Gasteiger partial charge on any atom is -0.399 e. The maximum atomic E-state index is 13.0. The lowest BCUT2D eigenvalue weighted by Gasteiger charge is -2.21. The molecule has 1 aromatic rings. The molecule has 0 radical (unpaired) electrons. The van der Waals surface area contributed by atoms with Crippen molar-refractivity contribution in [2.75, 3.05) is 11.1 Å². The van der Waals surface area contributed by atoms with Crippen LogP contribution in [-0.2, 0) is 6.18 Å². The fourth-order valence-electron chi connectivity index (χ4n) is 2.57. The summed E-state index contributed by atoms with van der Waals surface area (Å²) < 4.78 is 38.9. The zero-order chi connectivity index (χ0) is 13.9. The molecule has 1 aliphatic carbocycles. The van der Waals surface area contributed by atoms with E-state index in [-0.39, 0.29) is 17.4 Å². The Bertz CT molecular complexity index is 421. The number of alkyl halides is 3. The van der Waals surface area contributed by atoms with Gasteiger partial charge >= 0.3 is 6.18 Å². The predicted molar refractivity (Wildman–Crippen MR) is 71.0 cm³/mol. The second-order valence-corrected chi connectivity index (χ2v) is 5.14. The number of nitrogen functional groups attached to an aromatic ring is 1. The van der Waals surface area contributed by atoms with Crippen LogP contribution in [0.5, 0.6) is 0 Å². The summed E-state index contributed by atoms with van der Waals surface area (Å²) in [5.74, 6) is 0. The molecule has 1 fully saturated rings. The fraction of sp³-hybridized carbons (Fsp3) is 0.571. The van der Waals surface area contributed by atoms with Crippen LogP contribution in [0.2, 0.25) is 0 Å². The van der Waals surface area contributed by atoms with Crippen LogP contribution in [-0.4, -0.2) is 6.04 Å². The van der Waals surface area contributed by atoms with Gasteiger partial charge in [0.1, 0.15) is 0 Å². The van der Waals surface area contributed by atoms with Crippen molar-refractivity contribution in [3.63, 3.8) is 0 Å². The molecule has 5 heteroatoms. The van der Waals surface area contributed by atoms with E-state index in [1.165, 1.54) is 25.0 Å². The quantitative estimate of drug-likeness (QED) is 0.617. The summed E-state index contributed by atoms with van der Waals surface area (Å²) in [6, 6.07) is 4.07. The SMILES string of the molecule is Nc1ccc(NC2CCCCCC2)c(C(F)(F)F)c1. The van der Waals surface area contributed by atoms with E-state index in [9.17, 15) is 13.2 Å². The van der Waals surface area contributed by atoms with Crippen molar-refractivity contribution in [3.05, 3.63) is 23.8 Å². The third-order valence-electron chi connectivity index (χ3n) is 3.56. The van der Waals surface area contributed by atoms with Crippen LogP contribution >= 0.6 is 0 Å². The highest BCUT2D eigenvalue weighted by molar-refractivity contribution is 5.59. The van der Waals surface area contributed by atoms with Crippen molar-refractivity contribution in [2.45, 2.75) is 50.7 Å².